The third-order valence-electron chi connectivity index (χ3n) is 2.46. The Hall–Kier alpha value is -0.610. The molecule has 1 N–H and O–H groups in total. The fourth-order valence-electron chi connectivity index (χ4n) is 1.40. The van der Waals surface area contributed by atoms with Gasteiger partial charge in [0.05, 0.1) is 6.10 Å². The highest BCUT2D eigenvalue weighted by atomic mass is 16.5. The molecule has 1 atom stereocenters. The van der Waals surface area contributed by atoms with E-state index in [2.05, 4.69) is 18.7 Å². The predicted molar refractivity (Wildman–Crippen MR) is 60.0 cm³/mol. The summed E-state index contributed by atoms with van der Waals surface area (Å²) in [5, 5.41) is 8.55. The van der Waals surface area contributed by atoms with Gasteiger partial charge in [0.2, 0.25) is 0 Å². The normalized spacial score (nSPS) is 13.5. The largest absolute Gasteiger partial charge is 0.481 e. The SMILES string of the molecule is COC(C)CN(CCCC(=O)O)C(C)C. The molecule has 0 aliphatic rings. The summed E-state index contributed by atoms with van der Waals surface area (Å²) in [5.74, 6) is -0.724. The van der Waals surface area contributed by atoms with Crippen LogP contribution in [0.25, 0.3) is 0 Å². The third-order valence-corrected chi connectivity index (χ3v) is 2.46. The maximum atomic E-state index is 10.4. The predicted octanol–water partition coefficient (Wildman–Crippen LogP) is 1.60. The molecule has 0 heterocycles. The third kappa shape index (κ3) is 7.33. The number of methoxy groups -OCH3 is 1. The quantitative estimate of drug-likeness (QED) is 0.671. The first kappa shape index (κ1) is 14.4. The molecule has 0 saturated heterocycles. The monoisotopic (exact) mass is 217 g/mol. The van der Waals surface area contributed by atoms with Crippen LogP contribution in [-0.4, -0.2) is 48.3 Å². The van der Waals surface area contributed by atoms with Crippen LogP contribution in [0.5, 0.6) is 0 Å². The van der Waals surface area contributed by atoms with E-state index in [-0.39, 0.29) is 12.5 Å². The lowest BCUT2D eigenvalue weighted by Gasteiger charge is -2.28. The Morgan fingerprint density at radius 1 is 1.40 bits per heavy atom. The van der Waals surface area contributed by atoms with Crippen LogP contribution >= 0.6 is 0 Å². The van der Waals surface area contributed by atoms with Gasteiger partial charge >= 0.3 is 5.97 Å². The van der Waals surface area contributed by atoms with E-state index in [4.69, 9.17) is 9.84 Å². The van der Waals surface area contributed by atoms with Gasteiger partial charge in [0.1, 0.15) is 0 Å². The van der Waals surface area contributed by atoms with Crippen LogP contribution in [0.4, 0.5) is 0 Å². The highest BCUT2D eigenvalue weighted by Gasteiger charge is 2.13. The van der Waals surface area contributed by atoms with E-state index in [0.29, 0.717) is 12.5 Å². The van der Waals surface area contributed by atoms with E-state index in [1.165, 1.54) is 0 Å². The van der Waals surface area contributed by atoms with Crippen molar-refractivity contribution < 1.29 is 14.6 Å². The van der Waals surface area contributed by atoms with Crippen LogP contribution in [0.15, 0.2) is 0 Å². The number of hydrogen-bond acceptors (Lipinski definition) is 3. The van der Waals surface area contributed by atoms with E-state index in [0.717, 1.165) is 13.1 Å². The minimum Gasteiger partial charge on any atom is -0.481 e. The van der Waals surface area contributed by atoms with Gasteiger partial charge in [0, 0.05) is 26.1 Å². The van der Waals surface area contributed by atoms with Gasteiger partial charge < -0.3 is 9.84 Å². The summed E-state index contributed by atoms with van der Waals surface area (Å²) in [7, 11) is 1.69. The number of nitrogens with zero attached hydrogens (tertiary/aromatic N) is 1. The van der Waals surface area contributed by atoms with Gasteiger partial charge in [0.25, 0.3) is 0 Å². The highest BCUT2D eigenvalue weighted by molar-refractivity contribution is 5.66. The van der Waals surface area contributed by atoms with E-state index >= 15 is 0 Å². The first-order valence-corrected chi connectivity index (χ1v) is 5.46. The second kappa shape index (κ2) is 7.65. The molecule has 90 valence electrons. The van der Waals surface area contributed by atoms with Crippen LogP contribution in [0.1, 0.15) is 33.6 Å². The first-order valence-electron chi connectivity index (χ1n) is 5.46. The topological polar surface area (TPSA) is 49.8 Å². The standard InChI is InChI=1S/C11H23NO3/c1-9(2)12(8-10(3)15-4)7-5-6-11(13)14/h9-10H,5-8H2,1-4H3,(H,13,14). The van der Waals surface area contributed by atoms with Gasteiger partial charge in [0.15, 0.2) is 0 Å². The average molecular weight is 217 g/mol. The fourth-order valence-corrected chi connectivity index (χ4v) is 1.40. The summed E-state index contributed by atoms with van der Waals surface area (Å²) in [6.45, 7) is 7.92. The number of rotatable bonds is 8. The molecular weight excluding hydrogens is 194 g/mol. The zero-order chi connectivity index (χ0) is 11.8. The average Bonchev–Trinajstić information content (AvgIpc) is 2.15. The van der Waals surface area contributed by atoms with E-state index in [9.17, 15) is 4.79 Å². The summed E-state index contributed by atoms with van der Waals surface area (Å²) in [6, 6.07) is 0.427. The maximum absolute atomic E-state index is 10.4. The molecule has 0 rings (SSSR count). The van der Waals surface area contributed by atoms with E-state index in [1.807, 2.05) is 6.92 Å². The van der Waals surface area contributed by atoms with Crippen molar-refractivity contribution in [1.29, 1.82) is 0 Å². The van der Waals surface area contributed by atoms with Gasteiger partial charge in [-0.25, -0.2) is 0 Å². The lowest BCUT2D eigenvalue weighted by Crippen LogP contribution is -2.38. The molecule has 0 aliphatic heterocycles. The summed E-state index contributed by atoms with van der Waals surface area (Å²) < 4.78 is 5.20. The summed E-state index contributed by atoms with van der Waals surface area (Å²) in [4.78, 5) is 12.6. The van der Waals surface area contributed by atoms with Crippen molar-refractivity contribution >= 4 is 5.97 Å². The van der Waals surface area contributed by atoms with Crippen molar-refractivity contribution in [2.24, 2.45) is 0 Å². The molecule has 0 aromatic rings. The second-order valence-corrected chi connectivity index (χ2v) is 4.13. The van der Waals surface area contributed by atoms with Crippen LogP contribution in [0, 0.1) is 0 Å². The minimum atomic E-state index is -0.724. The number of carboxylic acids is 1. The van der Waals surface area contributed by atoms with E-state index < -0.39 is 5.97 Å². The van der Waals surface area contributed by atoms with Gasteiger partial charge in [-0.2, -0.15) is 0 Å². The summed E-state index contributed by atoms with van der Waals surface area (Å²) in [6.07, 6.45) is 1.13. The molecule has 0 radical (unpaired) electrons. The molecule has 0 spiro atoms. The van der Waals surface area contributed by atoms with E-state index in [1.54, 1.807) is 7.11 Å². The van der Waals surface area contributed by atoms with Crippen LogP contribution in [0.3, 0.4) is 0 Å². The van der Waals surface area contributed by atoms with Gasteiger partial charge in [-0.1, -0.05) is 0 Å². The van der Waals surface area contributed by atoms with Crippen LogP contribution in [-0.2, 0) is 9.53 Å². The van der Waals surface area contributed by atoms with Crippen molar-refractivity contribution in [3.63, 3.8) is 0 Å². The first-order chi connectivity index (χ1) is 6.97. The Kier molecular flexibility index (Phi) is 7.34. The smallest absolute Gasteiger partial charge is 0.303 e. The van der Waals surface area contributed by atoms with Crippen molar-refractivity contribution in [3.8, 4) is 0 Å². The molecular formula is C11H23NO3. The number of carboxylic acid groups (broad SMARTS) is 1. The molecule has 15 heavy (non-hydrogen) atoms. The molecule has 1 unspecified atom stereocenters. The lowest BCUT2D eigenvalue weighted by atomic mass is 10.2. The molecule has 0 aromatic carbocycles. The Morgan fingerprint density at radius 3 is 2.40 bits per heavy atom. The Labute approximate surface area is 92.2 Å². The molecule has 0 aliphatic carbocycles. The van der Waals surface area contributed by atoms with Gasteiger partial charge in [-0.15, -0.1) is 0 Å². The van der Waals surface area contributed by atoms with Gasteiger partial charge in [-0.05, 0) is 33.7 Å². The van der Waals surface area contributed by atoms with Crippen LogP contribution < -0.4 is 0 Å². The van der Waals surface area contributed by atoms with Crippen molar-refractivity contribution in [1.82, 2.24) is 4.90 Å². The summed E-state index contributed by atoms with van der Waals surface area (Å²) in [5.41, 5.74) is 0. The Bertz CT molecular complexity index is 183. The zero-order valence-corrected chi connectivity index (χ0v) is 10.2. The molecule has 0 aromatic heterocycles. The zero-order valence-electron chi connectivity index (χ0n) is 10.2. The molecule has 4 heteroatoms. The van der Waals surface area contributed by atoms with Crippen molar-refractivity contribution in [2.45, 2.75) is 45.8 Å². The Balaban J connectivity index is 3.88. The number of hydrogen-bond donors (Lipinski definition) is 1. The van der Waals surface area contributed by atoms with Gasteiger partial charge in [-0.3, -0.25) is 9.69 Å². The minimum absolute atomic E-state index is 0.192. The number of aliphatic carboxylic acids is 1. The molecule has 4 nitrogen and oxygen atoms in total. The molecule has 0 saturated carbocycles. The maximum Gasteiger partial charge on any atom is 0.303 e. The Morgan fingerprint density at radius 2 is 2.00 bits per heavy atom. The number of carbonyl (C=O) groups is 1. The molecule has 0 bridgehead atoms. The number of ether oxygens (including phenoxy) is 1. The molecule has 0 amide bonds. The lowest BCUT2D eigenvalue weighted by molar-refractivity contribution is -0.137. The fraction of sp³-hybridized carbons (Fsp3) is 0.909. The van der Waals surface area contributed by atoms with Crippen molar-refractivity contribution in [3.05, 3.63) is 0 Å². The van der Waals surface area contributed by atoms with Crippen molar-refractivity contribution in [2.75, 3.05) is 20.2 Å². The second-order valence-electron chi connectivity index (χ2n) is 4.13. The summed E-state index contributed by atoms with van der Waals surface area (Å²) >= 11 is 0. The molecule has 0 fully saturated rings. The van der Waals surface area contributed by atoms with Crippen LogP contribution in [0.2, 0.25) is 0 Å². The highest BCUT2D eigenvalue weighted by Crippen LogP contribution is 2.04.